The van der Waals surface area contributed by atoms with Crippen molar-refractivity contribution >= 4 is 21.6 Å². The first kappa shape index (κ1) is 22.2. The molecule has 2 aromatic rings. The summed E-state index contributed by atoms with van der Waals surface area (Å²) < 4.78 is 49.7. The van der Waals surface area contributed by atoms with Crippen molar-refractivity contribution in [3.05, 3.63) is 36.4 Å². The first-order valence-electron chi connectivity index (χ1n) is 10.5. The molecule has 2 aliphatic heterocycles. The number of fused-ring (bicyclic) bond motifs is 1. The topological polar surface area (TPSA) is 103 Å². The van der Waals surface area contributed by atoms with Crippen molar-refractivity contribution in [3.8, 4) is 23.0 Å². The van der Waals surface area contributed by atoms with Crippen LogP contribution in [-0.2, 0) is 14.8 Å². The second-order valence-corrected chi connectivity index (χ2v) is 9.26. The van der Waals surface area contributed by atoms with Crippen LogP contribution in [0.4, 0.5) is 5.69 Å². The molecule has 2 aromatic carbocycles. The molecule has 10 heteroatoms. The number of carbonyl (C=O) groups excluding carboxylic acids is 1. The lowest BCUT2D eigenvalue weighted by Gasteiger charge is -2.25. The lowest BCUT2D eigenvalue weighted by atomic mass is 10.2. The van der Waals surface area contributed by atoms with Gasteiger partial charge in [0.05, 0.1) is 18.6 Å². The predicted molar refractivity (Wildman–Crippen MR) is 117 cm³/mol. The van der Waals surface area contributed by atoms with Gasteiger partial charge in [0.2, 0.25) is 15.9 Å². The van der Waals surface area contributed by atoms with Crippen molar-refractivity contribution < 1.29 is 32.2 Å². The van der Waals surface area contributed by atoms with E-state index >= 15 is 0 Å². The molecule has 0 bridgehead atoms. The second kappa shape index (κ2) is 9.25. The highest BCUT2D eigenvalue weighted by atomic mass is 32.2. The van der Waals surface area contributed by atoms with Crippen LogP contribution in [0, 0.1) is 0 Å². The summed E-state index contributed by atoms with van der Waals surface area (Å²) in [5.74, 6) is 1.55. The Kier molecular flexibility index (Phi) is 6.43. The van der Waals surface area contributed by atoms with E-state index in [0.717, 1.165) is 0 Å². The molecule has 4 rings (SSSR count). The lowest BCUT2D eigenvalue weighted by molar-refractivity contribution is -0.119. The quantitative estimate of drug-likeness (QED) is 0.675. The van der Waals surface area contributed by atoms with Gasteiger partial charge >= 0.3 is 0 Å². The van der Waals surface area contributed by atoms with Crippen LogP contribution in [0.25, 0.3) is 0 Å². The number of benzene rings is 2. The summed E-state index contributed by atoms with van der Waals surface area (Å²) >= 11 is 0. The summed E-state index contributed by atoms with van der Waals surface area (Å²) in [5, 5.41) is 2.81. The molecule has 9 nitrogen and oxygen atoms in total. The molecular weight excluding hydrogens is 436 g/mol. The number of rotatable bonds is 7. The minimum Gasteiger partial charge on any atom is -0.493 e. The molecule has 1 fully saturated rings. The van der Waals surface area contributed by atoms with Gasteiger partial charge in [-0.15, -0.1) is 0 Å². The summed E-state index contributed by atoms with van der Waals surface area (Å²) in [6.07, 6.45) is 1.03. The smallest absolute Gasteiger partial charge is 0.243 e. The van der Waals surface area contributed by atoms with E-state index in [1.807, 2.05) is 6.92 Å². The molecule has 2 heterocycles. The number of hydrogen-bond donors (Lipinski definition) is 1. The van der Waals surface area contributed by atoms with Gasteiger partial charge in [-0.2, -0.15) is 4.31 Å². The Hall–Kier alpha value is -2.98. The van der Waals surface area contributed by atoms with Gasteiger partial charge in [0.15, 0.2) is 23.0 Å². The van der Waals surface area contributed by atoms with Crippen LogP contribution in [0.15, 0.2) is 41.3 Å². The van der Waals surface area contributed by atoms with Crippen LogP contribution >= 0.6 is 0 Å². The highest BCUT2D eigenvalue weighted by molar-refractivity contribution is 7.89. The number of nitrogens with zero attached hydrogens (tertiary/aromatic N) is 1. The van der Waals surface area contributed by atoms with Gasteiger partial charge in [0.1, 0.15) is 19.3 Å². The molecule has 0 aliphatic carbocycles. The summed E-state index contributed by atoms with van der Waals surface area (Å²) in [6, 6.07) is 8.75. The van der Waals surface area contributed by atoms with E-state index in [1.165, 1.54) is 23.5 Å². The van der Waals surface area contributed by atoms with E-state index in [4.69, 9.17) is 18.9 Å². The highest BCUT2D eigenvalue weighted by Crippen LogP contribution is 2.35. The molecule has 1 unspecified atom stereocenters. The molecule has 172 valence electrons. The van der Waals surface area contributed by atoms with Gasteiger partial charge in [-0.1, -0.05) is 0 Å². The molecule has 1 N–H and O–H groups in total. The number of anilines is 1. The van der Waals surface area contributed by atoms with E-state index in [9.17, 15) is 13.2 Å². The van der Waals surface area contributed by atoms with Gasteiger partial charge in [-0.05, 0) is 44.0 Å². The number of carbonyl (C=O) groups is 1. The van der Waals surface area contributed by atoms with E-state index in [-0.39, 0.29) is 11.4 Å². The monoisotopic (exact) mass is 462 g/mol. The van der Waals surface area contributed by atoms with Crippen LogP contribution in [0.2, 0.25) is 0 Å². The predicted octanol–water partition coefficient (Wildman–Crippen LogP) is 2.66. The molecule has 2 aliphatic rings. The van der Waals surface area contributed by atoms with E-state index < -0.39 is 22.0 Å². The minimum atomic E-state index is -3.89. The summed E-state index contributed by atoms with van der Waals surface area (Å²) in [4.78, 5) is 13.1. The van der Waals surface area contributed by atoms with Crippen LogP contribution in [0.3, 0.4) is 0 Å². The Labute approximate surface area is 187 Å². The van der Waals surface area contributed by atoms with Crippen molar-refractivity contribution in [1.82, 2.24) is 4.31 Å². The van der Waals surface area contributed by atoms with Gasteiger partial charge in [0.25, 0.3) is 0 Å². The van der Waals surface area contributed by atoms with Gasteiger partial charge in [0, 0.05) is 24.4 Å². The van der Waals surface area contributed by atoms with Gasteiger partial charge in [-0.25, -0.2) is 8.42 Å². The minimum absolute atomic E-state index is 0.0733. The zero-order valence-electron chi connectivity index (χ0n) is 18.0. The van der Waals surface area contributed by atoms with Gasteiger partial charge in [-0.3, -0.25) is 4.79 Å². The molecule has 0 saturated carbocycles. The number of amides is 1. The number of sulfonamides is 1. The highest BCUT2D eigenvalue weighted by Gasteiger charge is 2.40. The fraction of sp³-hybridized carbons (Fsp3) is 0.409. The fourth-order valence-corrected chi connectivity index (χ4v) is 5.53. The number of ether oxygens (including phenoxy) is 4. The normalized spacial score (nSPS) is 18.2. The van der Waals surface area contributed by atoms with Gasteiger partial charge < -0.3 is 24.3 Å². The molecule has 0 radical (unpaired) electrons. The lowest BCUT2D eigenvalue weighted by Crippen LogP contribution is -2.43. The third-order valence-corrected chi connectivity index (χ3v) is 7.26. The number of nitrogens with one attached hydrogen (secondary N) is 1. The Bertz CT molecular complexity index is 1100. The largest absolute Gasteiger partial charge is 0.493 e. The van der Waals surface area contributed by atoms with Crippen molar-refractivity contribution in [3.63, 3.8) is 0 Å². The third kappa shape index (κ3) is 4.33. The first-order chi connectivity index (χ1) is 15.4. The maximum atomic E-state index is 13.3. The van der Waals surface area contributed by atoms with E-state index in [0.29, 0.717) is 61.3 Å². The van der Waals surface area contributed by atoms with Crippen molar-refractivity contribution in [1.29, 1.82) is 0 Å². The maximum Gasteiger partial charge on any atom is 0.243 e. The SMILES string of the molecule is CCOc1ccc(NC(=O)C2CCCN2S(=O)(=O)c2ccc3c(c2)OCCO3)cc1OC. The molecule has 1 atom stereocenters. The van der Waals surface area contributed by atoms with E-state index in [1.54, 1.807) is 24.3 Å². The average Bonchev–Trinajstić information content (AvgIpc) is 3.31. The van der Waals surface area contributed by atoms with Crippen LogP contribution < -0.4 is 24.3 Å². The zero-order chi connectivity index (χ0) is 22.7. The Morgan fingerprint density at radius 3 is 2.66 bits per heavy atom. The van der Waals surface area contributed by atoms with Crippen molar-refractivity contribution in [2.24, 2.45) is 0 Å². The molecular formula is C22H26N2O7S. The standard InChI is InChI=1S/C22H26N2O7S/c1-3-29-18-8-6-15(13-20(18)28-2)23-22(25)17-5-4-10-24(17)32(26,27)16-7-9-19-21(14-16)31-12-11-30-19/h6-9,13-14,17H,3-5,10-12H2,1-2H3,(H,23,25). The first-order valence-corrected chi connectivity index (χ1v) is 11.9. The summed E-state index contributed by atoms with van der Waals surface area (Å²) in [7, 11) is -2.38. The number of hydrogen-bond acceptors (Lipinski definition) is 7. The Morgan fingerprint density at radius 1 is 1.12 bits per heavy atom. The molecule has 32 heavy (non-hydrogen) atoms. The van der Waals surface area contributed by atoms with Crippen LogP contribution in [0.1, 0.15) is 19.8 Å². The van der Waals surface area contributed by atoms with Crippen LogP contribution in [-0.4, -0.2) is 58.1 Å². The third-order valence-electron chi connectivity index (χ3n) is 5.36. The van der Waals surface area contributed by atoms with Crippen molar-refractivity contribution in [2.75, 3.05) is 38.8 Å². The molecule has 0 aromatic heterocycles. The molecule has 1 amide bonds. The summed E-state index contributed by atoms with van der Waals surface area (Å²) in [5.41, 5.74) is 0.499. The van der Waals surface area contributed by atoms with E-state index in [2.05, 4.69) is 5.32 Å². The summed E-state index contributed by atoms with van der Waals surface area (Å²) in [6.45, 7) is 3.39. The maximum absolute atomic E-state index is 13.3. The van der Waals surface area contributed by atoms with Crippen molar-refractivity contribution in [2.45, 2.75) is 30.7 Å². The molecule has 1 saturated heterocycles. The van der Waals surface area contributed by atoms with Crippen LogP contribution in [0.5, 0.6) is 23.0 Å². The second-order valence-electron chi connectivity index (χ2n) is 7.37. The Balaban J connectivity index is 1.53. The average molecular weight is 463 g/mol. The number of methoxy groups -OCH3 is 1. The molecule has 0 spiro atoms. The zero-order valence-corrected chi connectivity index (χ0v) is 18.8. The Morgan fingerprint density at radius 2 is 1.91 bits per heavy atom. The fourth-order valence-electron chi connectivity index (χ4n) is 3.86.